The number of carbonyl (C=O) groups excluding carboxylic acids is 2. The molecule has 2 fully saturated rings. The molecule has 0 spiro atoms. The van der Waals surface area contributed by atoms with Gasteiger partial charge in [0.2, 0.25) is 11.8 Å². The van der Waals surface area contributed by atoms with Gasteiger partial charge in [0.1, 0.15) is 0 Å². The van der Waals surface area contributed by atoms with Gasteiger partial charge in [0.15, 0.2) is 5.13 Å². The molecule has 108 valence electrons. The summed E-state index contributed by atoms with van der Waals surface area (Å²) < 4.78 is 0. The molecule has 1 atom stereocenters. The summed E-state index contributed by atoms with van der Waals surface area (Å²) in [5.41, 5.74) is 0. The highest BCUT2D eigenvalue weighted by atomic mass is 32.1. The van der Waals surface area contributed by atoms with E-state index in [9.17, 15) is 9.59 Å². The van der Waals surface area contributed by atoms with Crippen molar-refractivity contribution in [2.75, 3.05) is 44.7 Å². The molecule has 3 heterocycles. The van der Waals surface area contributed by atoms with Gasteiger partial charge >= 0.3 is 0 Å². The van der Waals surface area contributed by atoms with E-state index in [0.717, 1.165) is 18.2 Å². The summed E-state index contributed by atoms with van der Waals surface area (Å²) in [6.45, 7) is 3.62. The maximum atomic E-state index is 12.4. The lowest BCUT2D eigenvalue weighted by molar-refractivity contribution is -0.136. The van der Waals surface area contributed by atoms with Crippen LogP contribution >= 0.6 is 11.3 Å². The number of nitrogens with zero attached hydrogens (tertiary/aromatic N) is 4. The predicted octanol–water partition coefficient (Wildman–Crippen LogP) is 0.270. The van der Waals surface area contributed by atoms with Gasteiger partial charge in [0.25, 0.3) is 0 Å². The summed E-state index contributed by atoms with van der Waals surface area (Å²) in [4.78, 5) is 34.0. The van der Waals surface area contributed by atoms with E-state index in [2.05, 4.69) is 9.88 Å². The topological polar surface area (TPSA) is 56.8 Å². The van der Waals surface area contributed by atoms with Crippen LogP contribution in [0, 0.1) is 5.92 Å². The molecule has 0 aromatic carbocycles. The van der Waals surface area contributed by atoms with Crippen molar-refractivity contribution in [2.45, 2.75) is 6.42 Å². The highest BCUT2D eigenvalue weighted by Crippen LogP contribution is 2.22. The lowest BCUT2D eigenvalue weighted by Crippen LogP contribution is -2.50. The van der Waals surface area contributed by atoms with E-state index in [4.69, 9.17) is 0 Å². The quantitative estimate of drug-likeness (QED) is 0.786. The number of anilines is 1. The van der Waals surface area contributed by atoms with Gasteiger partial charge in [-0.05, 0) is 0 Å². The first-order valence-corrected chi connectivity index (χ1v) is 7.70. The summed E-state index contributed by atoms with van der Waals surface area (Å²) in [6, 6.07) is 0. The average Bonchev–Trinajstić information content (AvgIpc) is 3.09. The minimum Gasteiger partial charge on any atom is -0.345 e. The van der Waals surface area contributed by atoms with E-state index >= 15 is 0 Å². The number of aromatic nitrogens is 1. The van der Waals surface area contributed by atoms with Crippen LogP contribution in [0.15, 0.2) is 11.6 Å². The van der Waals surface area contributed by atoms with E-state index in [1.54, 1.807) is 29.5 Å². The van der Waals surface area contributed by atoms with Gasteiger partial charge in [0.05, 0.1) is 5.92 Å². The minimum atomic E-state index is -0.154. The van der Waals surface area contributed by atoms with E-state index in [1.165, 1.54) is 0 Å². The first-order chi connectivity index (χ1) is 9.65. The second-order valence-corrected chi connectivity index (χ2v) is 6.18. The largest absolute Gasteiger partial charge is 0.345 e. The Balaban J connectivity index is 1.56. The Bertz CT molecular complexity index is 496. The van der Waals surface area contributed by atoms with Crippen molar-refractivity contribution in [3.05, 3.63) is 11.6 Å². The van der Waals surface area contributed by atoms with Crippen molar-refractivity contribution >= 4 is 28.3 Å². The van der Waals surface area contributed by atoms with Crippen LogP contribution in [-0.2, 0) is 9.59 Å². The normalized spacial score (nSPS) is 23.6. The van der Waals surface area contributed by atoms with E-state index in [1.807, 2.05) is 10.3 Å². The maximum Gasteiger partial charge on any atom is 0.228 e. The summed E-state index contributed by atoms with van der Waals surface area (Å²) in [5.74, 6) is 0.0465. The van der Waals surface area contributed by atoms with Gasteiger partial charge in [-0.2, -0.15) is 0 Å². The van der Waals surface area contributed by atoms with E-state index in [0.29, 0.717) is 26.1 Å². The zero-order chi connectivity index (χ0) is 14.1. The van der Waals surface area contributed by atoms with Crippen molar-refractivity contribution in [1.29, 1.82) is 0 Å². The van der Waals surface area contributed by atoms with Crippen LogP contribution in [0.5, 0.6) is 0 Å². The van der Waals surface area contributed by atoms with Gasteiger partial charge in [0, 0.05) is 57.8 Å². The number of piperazine rings is 1. The second kappa shape index (κ2) is 5.40. The van der Waals surface area contributed by atoms with Crippen molar-refractivity contribution in [2.24, 2.45) is 5.92 Å². The van der Waals surface area contributed by atoms with E-state index < -0.39 is 0 Å². The van der Waals surface area contributed by atoms with Crippen LogP contribution in [0.1, 0.15) is 6.42 Å². The Hall–Kier alpha value is -1.63. The first-order valence-electron chi connectivity index (χ1n) is 6.82. The lowest BCUT2D eigenvalue weighted by atomic mass is 10.1. The summed E-state index contributed by atoms with van der Waals surface area (Å²) in [6.07, 6.45) is 2.17. The molecular weight excluding hydrogens is 276 g/mol. The Labute approximate surface area is 122 Å². The molecule has 0 saturated carbocycles. The number of rotatable bonds is 2. The molecule has 2 amide bonds. The zero-order valence-corrected chi connectivity index (χ0v) is 12.3. The van der Waals surface area contributed by atoms with Crippen LogP contribution in [0.25, 0.3) is 0 Å². The third kappa shape index (κ3) is 2.49. The zero-order valence-electron chi connectivity index (χ0n) is 11.5. The minimum absolute atomic E-state index is 0.0739. The monoisotopic (exact) mass is 294 g/mol. The Morgan fingerprint density at radius 3 is 2.65 bits per heavy atom. The molecule has 0 aliphatic carbocycles. The predicted molar refractivity (Wildman–Crippen MR) is 76.7 cm³/mol. The van der Waals surface area contributed by atoms with Gasteiger partial charge in [-0.3, -0.25) is 9.59 Å². The molecule has 0 bridgehead atoms. The highest BCUT2D eigenvalue weighted by molar-refractivity contribution is 7.13. The molecule has 7 heteroatoms. The Morgan fingerprint density at radius 1 is 1.35 bits per heavy atom. The molecule has 2 aliphatic heterocycles. The molecule has 20 heavy (non-hydrogen) atoms. The molecule has 0 unspecified atom stereocenters. The lowest BCUT2D eigenvalue weighted by Gasteiger charge is -2.35. The SMILES string of the molecule is CN1C[C@@H](C(=O)N2CCN(c3nccs3)CC2)CC1=O. The third-order valence-electron chi connectivity index (χ3n) is 3.97. The van der Waals surface area contributed by atoms with Crippen molar-refractivity contribution < 1.29 is 9.59 Å². The molecule has 6 nitrogen and oxygen atoms in total. The molecule has 2 aliphatic rings. The molecule has 0 radical (unpaired) electrons. The maximum absolute atomic E-state index is 12.4. The fraction of sp³-hybridized carbons (Fsp3) is 0.615. The van der Waals surface area contributed by atoms with Crippen molar-refractivity contribution in [3.8, 4) is 0 Å². The average molecular weight is 294 g/mol. The van der Waals surface area contributed by atoms with Crippen molar-refractivity contribution in [1.82, 2.24) is 14.8 Å². The summed E-state index contributed by atoms with van der Waals surface area (Å²) >= 11 is 1.63. The number of thiazole rings is 1. The first kappa shape index (κ1) is 13.4. The number of hydrogen-bond acceptors (Lipinski definition) is 5. The van der Waals surface area contributed by atoms with Crippen LogP contribution < -0.4 is 4.90 Å². The van der Waals surface area contributed by atoms with Crippen LogP contribution in [0.4, 0.5) is 5.13 Å². The molecule has 1 aromatic heterocycles. The van der Waals surface area contributed by atoms with Gasteiger partial charge in [-0.25, -0.2) is 4.98 Å². The summed E-state index contributed by atoms with van der Waals surface area (Å²) in [5, 5.41) is 2.99. The molecule has 1 aromatic rings. The highest BCUT2D eigenvalue weighted by Gasteiger charge is 2.35. The number of likely N-dealkylation sites (tertiary alicyclic amines) is 1. The third-order valence-corrected chi connectivity index (χ3v) is 4.80. The molecule has 3 rings (SSSR count). The fourth-order valence-electron chi connectivity index (χ4n) is 2.78. The van der Waals surface area contributed by atoms with Gasteiger partial charge in [-0.1, -0.05) is 0 Å². The van der Waals surface area contributed by atoms with Gasteiger partial charge < -0.3 is 14.7 Å². The molecule has 2 saturated heterocycles. The number of hydrogen-bond donors (Lipinski definition) is 0. The number of amides is 2. The van der Waals surface area contributed by atoms with Crippen LogP contribution in [-0.4, -0.2) is 66.4 Å². The van der Waals surface area contributed by atoms with E-state index in [-0.39, 0.29) is 17.7 Å². The molecular formula is C13H18N4O2S. The Morgan fingerprint density at radius 2 is 2.10 bits per heavy atom. The van der Waals surface area contributed by atoms with Crippen LogP contribution in [0.3, 0.4) is 0 Å². The smallest absolute Gasteiger partial charge is 0.228 e. The second-order valence-electron chi connectivity index (χ2n) is 5.30. The standard InChI is InChI=1S/C13H18N4O2S/c1-15-9-10(8-11(15)18)12(19)16-3-5-17(6-4-16)13-14-2-7-20-13/h2,7,10H,3-6,8-9H2,1H3/t10-/m0/s1. The molecule has 0 N–H and O–H groups in total. The fourth-order valence-corrected chi connectivity index (χ4v) is 3.47. The van der Waals surface area contributed by atoms with Crippen molar-refractivity contribution in [3.63, 3.8) is 0 Å². The Kier molecular flexibility index (Phi) is 3.60. The van der Waals surface area contributed by atoms with Gasteiger partial charge in [-0.15, -0.1) is 11.3 Å². The number of carbonyl (C=O) groups is 2. The van der Waals surface area contributed by atoms with Crippen LogP contribution in [0.2, 0.25) is 0 Å². The summed E-state index contributed by atoms with van der Waals surface area (Å²) in [7, 11) is 1.76.